The summed E-state index contributed by atoms with van der Waals surface area (Å²) in [6.45, 7) is 11.2. The van der Waals surface area contributed by atoms with E-state index in [0.29, 0.717) is 17.8 Å². The van der Waals surface area contributed by atoms with E-state index in [1.807, 2.05) is 6.07 Å². The van der Waals surface area contributed by atoms with Gasteiger partial charge in [-0.15, -0.1) is 0 Å². The van der Waals surface area contributed by atoms with E-state index >= 15 is 0 Å². The van der Waals surface area contributed by atoms with E-state index in [1.165, 1.54) is 13.1 Å². The van der Waals surface area contributed by atoms with Crippen LogP contribution in [-0.4, -0.2) is 71.1 Å². The van der Waals surface area contributed by atoms with Crippen molar-refractivity contribution < 1.29 is 0 Å². The summed E-state index contributed by atoms with van der Waals surface area (Å²) in [6.07, 6.45) is 3.25. The molecule has 1 aromatic heterocycles. The third-order valence-corrected chi connectivity index (χ3v) is 4.53. The lowest BCUT2D eigenvalue weighted by Gasteiger charge is -2.49. The second-order valence-electron chi connectivity index (χ2n) is 6.10. The van der Waals surface area contributed by atoms with Crippen LogP contribution in [0.4, 0.5) is 5.82 Å². The van der Waals surface area contributed by atoms with Gasteiger partial charge >= 0.3 is 0 Å². The SMILES string of the molecule is CC(C)N1CCN(C2CN(c3cnc(C#N)cn3)C2)CC1. The second kappa shape index (κ2) is 5.96. The zero-order valence-electron chi connectivity index (χ0n) is 12.7. The van der Waals surface area contributed by atoms with Gasteiger partial charge in [-0.2, -0.15) is 5.26 Å². The number of nitriles is 1. The molecule has 3 rings (SSSR count). The molecule has 3 heterocycles. The van der Waals surface area contributed by atoms with Crippen molar-refractivity contribution in [1.29, 1.82) is 5.26 Å². The maximum absolute atomic E-state index is 8.73. The highest BCUT2D eigenvalue weighted by Gasteiger charge is 2.34. The van der Waals surface area contributed by atoms with E-state index in [4.69, 9.17) is 5.26 Å². The highest BCUT2D eigenvalue weighted by Crippen LogP contribution is 2.22. The van der Waals surface area contributed by atoms with Gasteiger partial charge in [0, 0.05) is 51.4 Å². The maximum atomic E-state index is 8.73. The molecule has 0 bridgehead atoms. The summed E-state index contributed by atoms with van der Waals surface area (Å²) in [5.41, 5.74) is 0.376. The molecule has 0 spiro atoms. The number of piperazine rings is 1. The van der Waals surface area contributed by atoms with Crippen LogP contribution in [0.1, 0.15) is 19.5 Å². The average Bonchev–Trinajstić information content (AvgIpc) is 2.47. The summed E-state index contributed by atoms with van der Waals surface area (Å²) in [7, 11) is 0. The molecular weight excluding hydrogens is 264 g/mol. The summed E-state index contributed by atoms with van der Waals surface area (Å²) in [5, 5.41) is 8.73. The van der Waals surface area contributed by atoms with Crippen LogP contribution < -0.4 is 4.90 Å². The normalized spacial score (nSPS) is 21.3. The van der Waals surface area contributed by atoms with Crippen molar-refractivity contribution in [3.8, 4) is 6.07 Å². The van der Waals surface area contributed by atoms with E-state index in [1.54, 1.807) is 12.4 Å². The standard InChI is InChI=1S/C15H22N6/c1-12(2)19-3-5-20(6-4-19)14-10-21(11-14)15-9-17-13(7-16)8-18-15/h8-9,12,14H,3-6,10-11H2,1-2H3. The van der Waals surface area contributed by atoms with Crippen molar-refractivity contribution in [2.75, 3.05) is 44.2 Å². The molecule has 0 aliphatic carbocycles. The first-order valence-corrected chi connectivity index (χ1v) is 7.62. The van der Waals surface area contributed by atoms with Crippen molar-refractivity contribution in [2.24, 2.45) is 0 Å². The molecular formula is C15H22N6. The molecule has 0 N–H and O–H groups in total. The molecule has 112 valence electrons. The fourth-order valence-corrected chi connectivity index (χ4v) is 3.03. The van der Waals surface area contributed by atoms with Crippen molar-refractivity contribution in [1.82, 2.24) is 19.8 Å². The van der Waals surface area contributed by atoms with Crippen molar-refractivity contribution in [3.63, 3.8) is 0 Å². The minimum atomic E-state index is 0.376. The van der Waals surface area contributed by atoms with Crippen LogP contribution in [0.3, 0.4) is 0 Å². The lowest BCUT2D eigenvalue weighted by atomic mass is 10.1. The Labute approximate surface area is 126 Å². The number of hydrogen-bond donors (Lipinski definition) is 0. The maximum Gasteiger partial charge on any atom is 0.158 e. The molecule has 1 aromatic rings. The van der Waals surface area contributed by atoms with Gasteiger partial charge in [0.1, 0.15) is 11.9 Å². The first-order chi connectivity index (χ1) is 10.2. The molecule has 2 aliphatic heterocycles. The topological polar surface area (TPSA) is 59.3 Å². The van der Waals surface area contributed by atoms with E-state index in [-0.39, 0.29) is 0 Å². The van der Waals surface area contributed by atoms with Crippen LogP contribution in [0.25, 0.3) is 0 Å². The van der Waals surface area contributed by atoms with Crippen LogP contribution >= 0.6 is 0 Å². The molecule has 0 unspecified atom stereocenters. The minimum absolute atomic E-state index is 0.376. The average molecular weight is 286 g/mol. The number of nitrogens with zero attached hydrogens (tertiary/aromatic N) is 6. The molecule has 0 amide bonds. The number of aromatic nitrogens is 2. The lowest BCUT2D eigenvalue weighted by molar-refractivity contribution is 0.0676. The third kappa shape index (κ3) is 2.99. The van der Waals surface area contributed by atoms with Gasteiger partial charge in [-0.1, -0.05) is 0 Å². The molecule has 6 nitrogen and oxygen atoms in total. The van der Waals surface area contributed by atoms with Gasteiger partial charge < -0.3 is 4.90 Å². The zero-order valence-corrected chi connectivity index (χ0v) is 12.7. The fraction of sp³-hybridized carbons (Fsp3) is 0.667. The number of rotatable bonds is 3. The highest BCUT2D eigenvalue weighted by molar-refractivity contribution is 5.41. The monoisotopic (exact) mass is 286 g/mol. The number of anilines is 1. The summed E-state index contributed by atoms with van der Waals surface area (Å²) in [5.74, 6) is 0.881. The Kier molecular flexibility index (Phi) is 4.04. The Balaban J connectivity index is 1.49. The van der Waals surface area contributed by atoms with E-state index in [2.05, 4.69) is 38.5 Å². The van der Waals surface area contributed by atoms with Gasteiger partial charge in [-0.05, 0) is 13.8 Å². The van der Waals surface area contributed by atoms with Crippen LogP contribution in [0.2, 0.25) is 0 Å². The molecule has 0 saturated carbocycles. The summed E-state index contributed by atoms with van der Waals surface area (Å²) in [4.78, 5) is 15.7. The van der Waals surface area contributed by atoms with Crippen LogP contribution in [0.5, 0.6) is 0 Å². The second-order valence-corrected chi connectivity index (χ2v) is 6.10. The Morgan fingerprint density at radius 2 is 1.86 bits per heavy atom. The van der Waals surface area contributed by atoms with Crippen LogP contribution in [-0.2, 0) is 0 Å². The van der Waals surface area contributed by atoms with Crippen molar-refractivity contribution >= 4 is 5.82 Å². The molecule has 0 radical (unpaired) electrons. The molecule has 6 heteroatoms. The molecule has 21 heavy (non-hydrogen) atoms. The lowest BCUT2D eigenvalue weighted by Crippen LogP contribution is -2.63. The first kappa shape index (κ1) is 14.2. The highest BCUT2D eigenvalue weighted by atomic mass is 15.4. The summed E-state index contributed by atoms with van der Waals surface area (Å²) in [6, 6.07) is 3.29. The predicted octanol–water partition coefficient (Wildman–Crippen LogP) is 0.563. The quantitative estimate of drug-likeness (QED) is 0.809. The third-order valence-electron chi connectivity index (χ3n) is 4.53. The Morgan fingerprint density at radius 3 is 2.38 bits per heavy atom. The minimum Gasteiger partial charge on any atom is -0.352 e. The predicted molar refractivity (Wildman–Crippen MR) is 81.0 cm³/mol. The Bertz CT molecular complexity index is 506. The van der Waals surface area contributed by atoms with Crippen LogP contribution in [0, 0.1) is 11.3 Å². The van der Waals surface area contributed by atoms with Gasteiger partial charge in [0.05, 0.1) is 12.4 Å². The number of hydrogen-bond acceptors (Lipinski definition) is 6. The largest absolute Gasteiger partial charge is 0.352 e. The molecule has 2 saturated heterocycles. The van der Waals surface area contributed by atoms with E-state index < -0.39 is 0 Å². The smallest absolute Gasteiger partial charge is 0.158 e. The van der Waals surface area contributed by atoms with Gasteiger partial charge in [-0.3, -0.25) is 9.80 Å². The zero-order chi connectivity index (χ0) is 14.8. The molecule has 0 atom stereocenters. The van der Waals surface area contributed by atoms with Crippen molar-refractivity contribution in [2.45, 2.75) is 25.9 Å². The molecule has 2 fully saturated rings. The van der Waals surface area contributed by atoms with E-state index in [9.17, 15) is 0 Å². The fourth-order valence-electron chi connectivity index (χ4n) is 3.03. The Hall–Kier alpha value is -1.71. The summed E-state index contributed by atoms with van der Waals surface area (Å²) < 4.78 is 0. The van der Waals surface area contributed by atoms with Crippen LogP contribution in [0.15, 0.2) is 12.4 Å². The van der Waals surface area contributed by atoms with Gasteiger partial charge in [0.25, 0.3) is 0 Å². The van der Waals surface area contributed by atoms with Gasteiger partial charge in [-0.25, -0.2) is 9.97 Å². The van der Waals surface area contributed by atoms with Gasteiger partial charge in [0.2, 0.25) is 0 Å². The van der Waals surface area contributed by atoms with Gasteiger partial charge in [0.15, 0.2) is 5.69 Å². The van der Waals surface area contributed by atoms with E-state index in [0.717, 1.165) is 32.0 Å². The summed E-state index contributed by atoms with van der Waals surface area (Å²) >= 11 is 0. The molecule has 2 aliphatic rings. The Morgan fingerprint density at radius 1 is 1.14 bits per heavy atom. The van der Waals surface area contributed by atoms with Crippen molar-refractivity contribution in [3.05, 3.63) is 18.1 Å². The first-order valence-electron chi connectivity index (χ1n) is 7.62. The molecule has 0 aromatic carbocycles.